The van der Waals surface area contributed by atoms with Gasteiger partial charge in [-0.3, -0.25) is 19.2 Å². The number of hydrogen-bond donors (Lipinski definition) is 2. The SMILES string of the molecule is C=CCCC(=O)N[C@@H](COC)[C@@H](OC(=O)[C@@H]1[C@@H]2CC[C@]3(O2)[C@H](C(=O)N(CC=C)C(C)(C)CC(C)(C)C)N([C@H](C)CO)C(=O)[C@@H]13)c1ccccc1. The van der Waals surface area contributed by atoms with Crippen LogP contribution in [0.5, 0.6) is 0 Å². The van der Waals surface area contributed by atoms with Crippen LogP contribution in [0.25, 0.3) is 0 Å². The molecule has 50 heavy (non-hydrogen) atoms. The highest BCUT2D eigenvalue weighted by Crippen LogP contribution is 2.59. The summed E-state index contributed by atoms with van der Waals surface area (Å²) in [7, 11) is 1.50. The first-order chi connectivity index (χ1) is 23.6. The normalized spacial score (nSPS) is 26.2. The van der Waals surface area contributed by atoms with Crippen molar-refractivity contribution in [3.05, 3.63) is 61.2 Å². The average molecular weight is 696 g/mol. The van der Waals surface area contributed by atoms with Crippen LogP contribution in [0.2, 0.25) is 0 Å². The van der Waals surface area contributed by atoms with E-state index in [1.54, 1.807) is 24.0 Å². The Morgan fingerprint density at radius 3 is 2.42 bits per heavy atom. The Labute approximate surface area is 297 Å². The van der Waals surface area contributed by atoms with Gasteiger partial charge in [-0.15, -0.1) is 13.2 Å². The summed E-state index contributed by atoms with van der Waals surface area (Å²) in [6, 6.07) is 6.60. The number of benzene rings is 1. The molecule has 11 heteroatoms. The number of likely N-dealkylation sites (tertiary alicyclic amines) is 1. The summed E-state index contributed by atoms with van der Waals surface area (Å²) < 4.78 is 18.4. The average Bonchev–Trinajstić information content (AvgIpc) is 3.70. The summed E-state index contributed by atoms with van der Waals surface area (Å²) in [5.74, 6) is -3.59. The standard InChI is InChI=1S/C39H57N3O8/c1-10-12-18-29(44)40-27(23-48-9)32(26-16-14-13-15-17-26)49-36(47)30-28-19-20-39(50-28)31(30)34(45)42(25(3)22-43)33(39)35(46)41(21-11-2)38(7,8)24-37(4,5)6/h10-11,13-17,25,27-28,30-33,43H,1-2,12,18-24H2,3-9H3,(H,40,44)/t25-,27+,28+,30-,31-,32+,33+,39-/m1/s1. The molecular weight excluding hydrogens is 638 g/mol. The third-order valence-electron chi connectivity index (χ3n) is 10.3. The van der Waals surface area contributed by atoms with Crippen LogP contribution in [-0.2, 0) is 33.4 Å². The van der Waals surface area contributed by atoms with Crippen molar-refractivity contribution in [1.29, 1.82) is 0 Å². The zero-order valence-corrected chi connectivity index (χ0v) is 30.9. The molecule has 3 heterocycles. The lowest BCUT2D eigenvalue weighted by Crippen LogP contribution is -2.62. The number of carbonyl (C=O) groups is 4. The molecule has 2 N–H and O–H groups in total. The summed E-state index contributed by atoms with van der Waals surface area (Å²) in [5, 5.41) is 13.3. The number of aliphatic hydroxyl groups excluding tert-OH is 1. The molecule has 3 saturated heterocycles. The first-order valence-corrected chi connectivity index (χ1v) is 17.7. The van der Waals surface area contributed by atoms with E-state index in [2.05, 4.69) is 39.2 Å². The van der Waals surface area contributed by atoms with E-state index in [-0.39, 0.29) is 43.4 Å². The summed E-state index contributed by atoms with van der Waals surface area (Å²) in [5.41, 5.74) is -1.35. The van der Waals surface area contributed by atoms with E-state index in [4.69, 9.17) is 14.2 Å². The van der Waals surface area contributed by atoms with E-state index in [1.165, 1.54) is 12.0 Å². The number of esters is 1. The first-order valence-electron chi connectivity index (χ1n) is 17.7. The van der Waals surface area contributed by atoms with Gasteiger partial charge in [0.2, 0.25) is 17.7 Å². The highest BCUT2D eigenvalue weighted by Gasteiger charge is 2.75. The summed E-state index contributed by atoms with van der Waals surface area (Å²) in [6.07, 6.45) is 3.98. The Balaban J connectivity index is 1.73. The number of amides is 3. The number of ether oxygens (including phenoxy) is 3. The van der Waals surface area contributed by atoms with E-state index in [1.807, 2.05) is 44.2 Å². The minimum Gasteiger partial charge on any atom is -0.455 e. The van der Waals surface area contributed by atoms with Gasteiger partial charge in [-0.2, -0.15) is 0 Å². The number of aliphatic hydroxyl groups is 1. The van der Waals surface area contributed by atoms with Crippen LogP contribution in [0, 0.1) is 17.3 Å². The topological polar surface area (TPSA) is 135 Å². The first kappa shape index (κ1) is 39.2. The van der Waals surface area contributed by atoms with Crippen LogP contribution in [0.3, 0.4) is 0 Å². The van der Waals surface area contributed by atoms with Crippen molar-refractivity contribution in [3.8, 4) is 0 Å². The van der Waals surface area contributed by atoms with E-state index in [9.17, 15) is 24.3 Å². The number of nitrogens with one attached hydrogen (secondary N) is 1. The van der Waals surface area contributed by atoms with Crippen molar-refractivity contribution in [1.82, 2.24) is 15.1 Å². The maximum absolute atomic E-state index is 14.9. The van der Waals surface area contributed by atoms with Gasteiger partial charge in [0.1, 0.15) is 17.7 Å². The van der Waals surface area contributed by atoms with Crippen LogP contribution >= 0.6 is 0 Å². The maximum atomic E-state index is 14.9. The number of hydrogen-bond acceptors (Lipinski definition) is 8. The van der Waals surface area contributed by atoms with Crippen molar-refractivity contribution < 1.29 is 38.5 Å². The molecular formula is C39H57N3O8. The molecule has 3 fully saturated rings. The van der Waals surface area contributed by atoms with Crippen molar-refractivity contribution in [3.63, 3.8) is 0 Å². The number of carbonyl (C=O) groups excluding carboxylic acids is 4. The highest BCUT2D eigenvalue weighted by atomic mass is 16.6. The van der Waals surface area contributed by atoms with Crippen LogP contribution < -0.4 is 5.32 Å². The second-order valence-corrected chi connectivity index (χ2v) is 15.8. The number of nitrogens with zero attached hydrogens (tertiary/aromatic N) is 2. The van der Waals surface area contributed by atoms with Crippen LogP contribution in [0.4, 0.5) is 0 Å². The minimum atomic E-state index is -1.28. The largest absolute Gasteiger partial charge is 0.455 e. The quantitative estimate of drug-likeness (QED) is 0.182. The predicted octanol–water partition coefficient (Wildman–Crippen LogP) is 4.35. The van der Waals surface area contributed by atoms with Gasteiger partial charge in [0.15, 0.2) is 0 Å². The molecule has 0 radical (unpaired) electrons. The van der Waals surface area contributed by atoms with E-state index < -0.39 is 65.2 Å². The molecule has 276 valence electrons. The molecule has 3 aliphatic heterocycles. The molecule has 1 spiro atoms. The molecule has 1 aromatic carbocycles. The Hall–Kier alpha value is -3.54. The van der Waals surface area contributed by atoms with Gasteiger partial charge in [-0.1, -0.05) is 63.3 Å². The van der Waals surface area contributed by atoms with Crippen molar-refractivity contribution >= 4 is 23.7 Å². The van der Waals surface area contributed by atoms with E-state index >= 15 is 0 Å². The zero-order valence-electron chi connectivity index (χ0n) is 30.9. The number of methoxy groups -OCH3 is 1. The minimum absolute atomic E-state index is 0.0609. The fraction of sp³-hybridized carbons (Fsp3) is 0.641. The summed E-state index contributed by atoms with van der Waals surface area (Å²) in [6.45, 7) is 19.6. The fourth-order valence-electron chi connectivity index (χ4n) is 8.63. The summed E-state index contributed by atoms with van der Waals surface area (Å²) >= 11 is 0. The Morgan fingerprint density at radius 2 is 1.84 bits per heavy atom. The molecule has 0 unspecified atom stereocenters. The smallest absolute Gasteiger partial charge is 0.313 e. The van der Waals surface area contributed by atoms with E-state index in [0.717, 1.165) is 0 Å². The molecule has 0 aliphatic carbocycles. The third-order valence-corrected chi connectivity index (χ3v) is 10.3. The highest BCUT2D eigenvalue weighted by molar-refractivity contribution is 5.98. The molecule has 4 rings (SSSR count). The zero-order chi connectivity index (χ0) is 37.0. The van der Waals surface area contributed by atoms with Gasteiger partial charge in [-0.25, -0.2) is 0 Å². The van der Waals surface area contributed by atoms with Crippen LogP contribution in [0.15, 0.2) is 55.6 Å². The lowest BCUT2D eigenvalue weighted by atomic mass is 9.70. The lowest BCUT2D eigenvalue weighted by molar-refractivity contribution is -0.163. The van der Waals surface area contributed by atoms with Crippen LogP contribution in [-0.4, -0.2) is 101 Å². The fourth-order valence-corrected chi connectivity index (χ4v) is 8.63. The number of allylic oxidation sites excluding steroid dienone is 1. The second-order valence-electron chi connectivity index (χ2n) is 15.8. The molecule has 3 amide bonds. The molecule has 0 saturated carbocycles. The summed E-state index contributed by atoms with van der Waals surface area (Å²) in [4.78, 5) is 59.9. The van der Waals surface area contributed by atoms with Crippen molar-refractivity contribution in [2.45, 2.75) is 115 Å². The molecule has 0 aromatic heterocycles. The van der Waals surface area contributed by atoms with Gasteiger partial charge in [0.05, 0.1) is 43.2 Å². The van der Waals surface area contributed by atoms with Gasteiger partial charge >= 0.3 is 5.97 Å². The Morgan fingerprint density at radius 1 is 1.16 bits per heavy atom. The molecule has 11 nitrogen and oxygen atoms in total. The molecule has 1 aromatic rings. The van der Waals surface area contributed by atoms with Crippen LogP contribution in [0.1, 0.15) is 85.3 Å². The van der Waals surface area contributed by atoms with Gasteiger partial charge < -0.3 is 34.4 Å². The van der Waals surface area contributed by atoms with Gasteiger partial charge in [0, 0.05) is 25.6 Å². The van der Waals surface area contributed by atoms with Crippen molar-refractivity contribution in [2.24, 2.45) is 17.3 Å². The monoisotopic (exact) mass is 695 g/mol. The van der Waals surface area contributed by atoms with Crippen molar-refractivity contribution in [2.75, 3.05) is 26.9 Å². The van der Waals surface area contributed by atoms with Gasteiger partial charge in [0.25, 0.3) is 0 Å². The number of rotatable bonds is 17. The molecule has 3 aliphatic rings. The number of fused-ring (bicyclic) bond motifs is 1. The Kier molecular flexibility index (Phi) is 12.4. The lowest BCUT2D eigenvalue weighted by Gasteiger charge is -2.46. The maximum Gasteiger partial charge on any atom is 0.313 e. The Bertz CT molecular complexity index is 1410. The predicted molar refractivity (Wildman–Crippen MR) is 190 cm³/mol. The molecule has 2 bridgehead atoms. The second kappa shape index (κ2) is 15.8. The molecule has 8 atom stereocenters. The van der Waals surface area contributed by atoms with Gasteiger partial charge in [-0.05, 0) is 57.4 Å². The van der Waals surface area contributed by atoms with E-state index in [0.29, 0.717) is 31.2 Å². The third kappa shape index (κ3) is 7.85.